The van der Waals surface area contributed by atoms with Gasteiger partial charge in [0.05, 0.1) is 20.0 Å². The van der Waals surface area contributed by atoms with Crippen LogP contribution in [0.1, 0.15) is 43.7 Å². The minimum Gasteiger partial charge on any atom is -0.497 e. The Morgan fingerprint density at radius 3 is 2.36 bits per heavy atom. The first-order valence-corrected chi connectivity index (χ1v) is 12.2. The number of carbonyl (C=O) groups excluding carboxylic acids is 1. The number of hydrogen-bond acceptors (Lipinski definition) is 7. The van der Waals surface area contributed by atoms with Crippen molar-refractivity contribution in [3.63, 3.8) is 0 Å². The lowest BCUT2D eigenvalue weighted by atomic mass is 9.95. The molecule has 4 rings (SSSR count). The summed E-state index contributed by atoms with van der Waals surface area (Å²) in [6.45, 7) is 0.268. The summed E-state index contributed by atoms with van der Waals surface area (Å²) in [5.41, 5.74) is 1.85. The SMILES string of the molecule is COc1cc(OC)cc(-c2nnc(SCC(=O)OCc3ccccc3)n2C2CCCCC2)c1. The van der Waals surface area contributed by atoms with Crippen LogP contribution in [0.4, 0.5) is 0 Å². The Morgan fingerprint density at radius 1 is 1.00 bits per heavy atom. The molecular weight excluding hydrogens is 438 g/mol. The van der Waals surface area contributed by atoms with Crippen molar-refractivity contribution in [2.45, 2.75) is 49.9 Å². The molecule has 7 nitrogen and oxygen atoms in total. The second-order valence-electron chi connectivity index (χ2n) is 8.00. The molecular formula is C25H29N3O4S. The van der Waals surface area contributed by atoms with Gasteiger partial charge in [0.25, 0.3) is 0 Å². The van der Waals surface area contributed by atoms with Gasteiger partial charge in [-0.15, -0.1) is 10.2 Å². The molecule has 0 N–H and O–H groups in total. The van der Waals surface area contributed by atoms with E-state index < -0.39 is 0 Å². The monoisotopic (exact) mass is 467 g/mol. The van der Waals surface area contributed by atoms with E-state index in [1.807, 2.05) is 48.5 Å². The number of carbonyl (C=O) groups is 1. The molecule has 0 radical (unpaired) electrons. The molecule has 174 valence electrons. The van der Waals surface area contributed by atoms with E-state index in [0.29, 0.717) is 17.5 Å². The van der Waals surface area contributed by atoms with Crippen LogP contribution in [0.3, 0.4) is 0 Å². The normalized spacial score (nSPS) is 14.1. The summed E-state index contributed by atoms with van der Waals surface area (Å²) in [6, 6.07) is 15.7. The average molecular weight is 468 g/mol. The quantitative estimate of drug-likeness (QED) is 0.312. The number of thioether (sulfide) groups is 1. The zero-order valence-electron chi connectivity index (χ0n) is 19.0. The Morgan fingerprint density at radius 2 is 1.70 bits per heavy atom. The summed E-state index contributed by atoms with van der Waals surface area (Å²) in [7, 11) is 3.26. The molecule has 8 heteroatoms. The molecule has 1 aliphatic rings. The topological polar surface area (TPSA) is 75.5 Å². The van der Waals surface area contributed by atoms with Gasteiger partial charge < -0.3 is 14.2 Å². The first-order valence-electron chi connectivity index (χ1n) is 11.2. The third-order valence-corrected chi connectivity index (χ3v) is 6.69. The van der Waals surface area contributed by atoms with Crippen molar-refractivity contribution in [2.24, 2.45) is 0 Å². The highest BCUT2D eigenvalue weighted by atomic mass is 32.2. The van der Waals surface area contributed by atoms with Crippen LogP contribution in [0.25, 0.3) is 11.4 Å². The van der Waals surface area contributed by atoms with Crippen LogP contribution < -0.4 is 9.47 Å². The Hall–Kier alpha value is -3.00. The number of esters is 1. The molecule has 0 unspecified atom stereocenters. The van der Waals surface area contributed by atoms with Crippen molar-refractivity contribution in [1.82, 2.24) is 14.8 Å². The van der Waals surface area contributed by atoms with Crippen LogP contribution in [0, 0.1) is 0 Å². The van der Waals surface area contributed by atoms with Crippen molar-refractivity contribution in [3.05, 3.63) is 54.1 Å². The predicted molar refractivity (Wildman–Crippen MR) is 128 cm³/mol. The molecule has 0 bridgehead atoms. The molecule has 1 aromatic heterocycles. The molecule has 33 heavy (non-hydrogen) atoms. The van der Waals surface area contributed by atoms with Gasteiger partial charge >= 0.3 is 5.97 Å². The van der Waals surface area contributed by atoms with Gasteiger partial charge in [-0.3, -0.25) is 9.36 Å². The first kappa shape index (κ1) is 23.2. The van der Waals surface area contributed by atoms with E-state index in [2.05, 4.69) is 14.8 Å². The Kier molecular flexibility index (Phi) is 7.88. The third kappa shape index (κ3) is 5.87. The Labute approximate surface area is 198 Å². The Balaban J connectivity index is 1.54. The molecule has 2 aromatic carbocycles. The fourth-order valence-corrected chi connectivity index (χ4v) is 4.88. The largest absolute Gasteiger partial charge is 0.497 e. The number of rotatable bonds is 9. The van der Waals surface area contributed by atoms with Gasteiger partial charge in [0.15, 0.2) is 11.0 Å². The summed E-state index contributed by atoms with van der Waals surface area (Å²) in [5.74, 6) is 2.06. The van der Waals surface area contributed by atoms with Gasteiger partial charge in [-0.2, -0.15) is 0 Å². The standard InChI is InChI=1S/C25H29N3O4S/c1-30-21-13-19(14-22(15-21)31-2)24-26-27-25(28(24)20-11-7-4-8-12-20)33-17-23(29)32-16-18-9-5-3-6-10-18/h3,5-6,9-10,13-15,20H,4,7-8,11-12,16-17H2,1-2H3. The maximum atomic E-state index is 12.4. The fourth-order valence-electron chi connectivity index (χ4n) is 4.08. The zero-order valence-corrected chi connectivity index (χ0v) is 19.8. The molecule has 1 aliphatic carbocycles. The minimum absolute atomic E-state index is 0.180. The second-order valence-corrected chi connectivity index (χ2v) is 8.95. The number of ether oxygens (including phenoxy) is 3. The van der Waals surface area contributed by atoms with Crippen molar-refractivity contribution >= 4 is 17.7 Å². The minimum atomic E-state index is -0.272. The van der Waals surface area contributed by atoms with Gasteiger partial charge in [-0.1, -0.05) is 61.4 Å². The van der Waals surface area contributed by atoms with Gasteiger partial charge in [0.1, 0.15) is 18.1 Å². The van der Waals surface area contributed by atoms with E-state index in [1.54, 1.807) is 14.2 Å². The fraction of sp³-hybridized carbons (Fsp3) is 0.400. The van der Waals surface area contributed by atoms with Crippen molar-refractivity contribution < 1.29 is 19.0 Å². The van der Waals surface area contributed by atoms with E-state index in [0.717, 1.165) is 34.9 Å². The number of nitrogens with zero attached hydrogens (tertiary/aromatic N) is 3. The lowest BCUT2D eigenvalue weighted by molar-refractivity contribution is -0.141. The molecule has 1 heterocycles. The molecule has 0 spiro atoms. The van der Waals surface area contributed by atoms with Crippen LogP contribution in [-0.2, 0) is 16.1 Å². The lowest BCUT2D eigenvalue weighted by Gasteiger charge is -2.25. The van der Waals surface area contributed by atoms with E-state index in [1.165, 1.54) is 31.0 Å². The van der Waals surface area contributed by atoms with E-state index in [-0.39, 0.29) is 18.3 Å². The van der Waals surface area contributed by atoms with Crippen LogP contribution in [0.5, 0.6) is 11.5 Å². The highest BCUT2D eigenvalue weighted by Crippen LogP contribution is 2.37. The molecule has 0 amide bonds. The van der Waals surface area contributed by atoms with Crippen LogP contribution in [0.2, 0.25) is 0 Å². The molecule has 1 fully saturated rings. The number of aromatic nitrogens is 3. The van der Waals surface area contributed by atoms with Crippen molar-refractivity contribution in [2.75, 3.05) is 20.0 Å². The van der Waals surface area contributed by atoms with Crippen LogP contribution >= 0.6 is 11.8 Å². The summed E-state index contributed by atoms with van der Waals surface area (Å²) in [4.78, 5) is 12.4. The van der Waals surface area contributed by atoms with E-state index in [9.17, 15) is 4.79 Å². The zero-order chi connectivity index (χ0) is 23.0. The van der Waals surface area contributed by atoms with E-state index in [4.69, 9.17) is 14.2 Å². The lowest BCUT2D eigenvalue weighted by Crippen LogP contribution is -2.16. The average Bonchev–Trinajstić information content (AvgIpc) is 3.31. The van der Waals surface area contributed by atoms with Gasteiger partial charge in [0.2, 0.25) is 0 Å². The molecule has 0 aliphatic heterocycles. The first-order chi connectivity index (χ1) is 16.2. The smallest absolute Gasteiger partial charge is 0.316 e. The predicted octanol–water partition coefficient (Wildman–Crippen LogP) is 5.30. The molecule has 0 atom stereocenters. The van der Waals surface area contributed by atoms with E-state index >= 15 is 0 Å². The second kappa shape index (κ2) is 11.2. The number of hydrogen-bond donors (Lipinski definition) is 0. The summed E-state index contributed by atoms with van der Waals surface area (Å²) in [6.07, 6.45) is 5.73. The van der Waals surface area contributed by atoms with Crippen molar-refractivity contribution in [1.29, 1.82) is 0 Å². The number of benzene rings is 2. The molecule has 0 saturated heterocycles. The Bertz CT molecular complexity index is 1040. The van der Waals surface area contributed by atoms with Crippen molar-refractivity contribution in [3.8, 4) is 22.9 Å². The molecule has 1 saturated carbocycles. The van der Waals surface area contributed by atoms with Crippen LogP contribution in [-0.4, -0.2) is 40.7 Å². The summed E-state index contributed by atoms with van der Waals surface area (Å²) >= 11 is 1.37. The highest BCUT2D eigenvalue weighted by Gasteiger charge is 2.25. The maximum Gasteiger partial charge on any atom is 0.316 e. The molecule has 3 aromatic rings. The van der Waals surface area contributed by atoms with Gasteiger partial charge in [-0.25, -0.2) is 0 Å². The van der Waals surface area contributed by atoms with Crippen LogP contribution in [0.15, 0.2) is 53.7 Å². The summed E-state index contributed by atoms with van der Waals surface area (Å²) in [5, 5.41) is 9.70. The van der Waals surface area contributed by atoms with Gasteiger partial charge in [0, 0.05) is 17.7 Å². The van der Waals surface area contributed by atoms with Gasteiger partial charge in [-0.05, 0) is 30.5 Å². The third-order valence-electron chi connectivity index (χ3n) is 5.78. The maximum absolute atomic E-state index is 12.4. The highest BCUT2D eigenvalue weighted by molar-refractivity contribution is 7.99. The number of methoxy groups -OCH3 is 2. The summed E-state index contributed by atoms with van der Waals surface area (Å²) < 4.78 is 18.5.